The zero-order chi connectivity index (χ0) is 11.4. The molecule has 0 fully saturated rings. The second kappa shape index (κ2) is 4.65. The lowest BCUT2D eigenvalue weighted by Gasteiger charge is -1.95. The molecular formula is C12H7ClN2O. The van der Waals surface area contributed by atoms with E-state index in [1.807, 2.05) is 12.1 Å². The van der Waals surface area contributed by atoms with E-state index in [9.17, 15) is 0 Å². The van der Waals surface area contributed by atoms with E-state index in [2.05, 4.69) is 11.2 Å². The van der Waals surface area contributed by atoms with Crippen molar-refractivity contribution in [2.45, 2.75) is 0 Å². The minimum absolute atomic E-state index is 0.430. The highest BCUT2D eigenvalue weighted by Gasteiger charge is 2.04. The maximum absolute atomic E-state index is 8.98. The first-order chi connectivity index (χ1) is 7.79. The Bertz CT molecular complexity index is 535. The highest BCUT2D eigenvalue weighted by Crippen LogP contribution is 2.18. The Kier molecular flexibility index (Phi) is 3.04. The summed E-state index contributed by atoms with van der Waals surface area (Å²) in [5, 5.41) is 13.2. The molecule has 0 aliphatic carbocycles. The molecule has 0 bridgehead atoms. The van der Waals surface area contributed by atoms with Crippen LogP contribution in [0.1, 0.15) is 11.3 Å². The highest BCUT2D eigenvalue weighted by atomic mass is 35.5. The fraction of sp³-hybridized carbons (Fsp3) is 0. The molecule has 1 heterocycles. The molecule has 0 atom stereocenters. The van der Waals surface area contributed by atoms with Crippen LogP contribution in [-0.2, 0) is 0 Å². The number of rotatable bonds is 2. The minimum atomic E-state index is 0.430. The van der Waals surface area contributed by atoms with Crippen LogP contribution in [0.5, 0.6) is 0 Å². The molecule has 2 aromatic rings. The van der Waals surface area contributed by atoms with Crippen LogP contribution in [0, 0.1) is 11.3 Å². The number of halogens is 1. The third-order valence-electron chi connectivity index (χ3n) is 2.00. The molecule has 0 saturated heterocycles. The van der Waals surface area contributed by atoms with Crippen molar-refractivity contribution in [1.29, 1.82) is 5.26 Å². The zero-order valence-electron chi connectivity index (χ0n) is 8.22. The molecule has 3 nitrogen and oxygen atoms in total. The summed E-state index contributed by atoms with van der Waals surface area (Å²) in [7, 11) is 0. The molecule has 0 unspecified atom stereocenters. The quantitative estimate of drug-likeness (QED) is 0.743. The summed E-state index contributed by atoms with van der Waals surface area (Å²) < 4.78 is 4.92. The van der Waals surface area contributed by atoms with Gasteiger partial charge < -0.3 is 4.52 Å². The number of aromatic nitrogens is 1. The van der Waals surface area contributed by atoms with Crippen LogP contribution < -0.4 is 0 Å². The van der Waals surface area contributed by atoms with Crippen molar-refractivity contribution in [1.82, 2.24) is 5.16 Å². The third-order valence-corrected chi connectivity index (χ3v) is 2.26. The van der Waals surface area contributed by atoms with Gasteiger partial charge in [0.2, 0.25) is 0 Å². The average Bonchev–Trinajstić information content (AvgIpc) is 2.82. The van der Waals surface area contributed by atoms with Crippen LogP contribution in [0.25, 0.3) is 11.6 Å². The maximum atomic E-state index is 8.98. The van der Waals surface area contributed by atoms with Gasteiger partial charge in [0.05, 0.1) is 11.8 Å². The van der Waals surface area contributed by atoms with Gasteiger partial charge in [-0.2, -0.15) is 5.26 Å². The van der Waals surface area contributed by atoms with Crippen molar-refractivity contribution in [3.63, 3.8) is 0 Å². The van der Waals surface area contributed by atoms with E-state index in [1.165, 1.54) is 6.20 Å². The van der Waals surface area contributed by atoms with Gasteiger partial charge in [-0.1, -0.05) is 28.9 Å². The van der Waals surface area contributed by atoms with Crippen LogP contribution in [0.4, 0.5) is 0 Å². The largest absolute Gasteiger partial charge is 0.356 e. The summed E-state index contributed by atoms with van der Waals surface area (Å²) in [5.41, 5.74) is 1.32. The standard InChI is InChI=1S/C12H7ClN2O/c13-11-3-1-9(2-4-11)7-10(8-14)12-5-6-15-16-12/h1-7H/b10-7-. The number of benzene rings is 1. The van der Waals surface area contributed by atoms with Crippen LogP contribution in [0.3, 0.4) is 0 Å². The van der Waals surface area contributed by atoms with E-state index in [4.69, 9.17) is 21.4 Å². The molecule has 0 N–H and O–H groups in total. The molecule has 16 heavy (non-hydrogen) atoms. The van der Waals surface area contributed by atoms with Crippen LogP contribution >= 0.6 is 11.6 Å². The molecule has 4 heteroatoms. The van der Waals surface area contributed by atoms with E-state index in [1.54, 1.807) is 24.3 Å². The van der Waals surface area contributed by atoms with Crippen LogP contribution in [0.2, 0.25) is 5.02 Å². The molecule has 2 rings (SSSR count). The van der Waals surface area contributed by atoms with Gasteiger partial charge in [-0.3, -0.25) is 0 Å². The normalized spacial score (nSPS) is 11.1. The molecule has 0 aliphatic heterocycles. The first-order valence-electron chi connectivity index (χ1n) is 4.58. The van der Waals surface area contributed by atoms with Gasteiger partial charge in [0.15, 0.2) is 5.76 Å². The number of allylic oxidation sites excluding steroid dienone is 1. The van der Waals surface area contributed by atoms with Crippen molar-refractivity contribution < 1.29 is 4.52 Å². The van der Waals surface area contributed by atoms with Crippen molar-refractivity contribution in [2.75, 3.05) is 0 Å². The van der Waals surface area contributed by atoms with E-state index in [0.717, 1.165) is 5.56 Å². The number of hydrogen-bond donors (Lipinski definition) is 0. The zero-order valence-corrected chi connectivity index (χ0v) is 8.98. The molecule has 78 valence electrons. The molecule has 1 aromatic carbocycles. The summed E-state index contributed by atoms with van der Waals surface area (Å²) in [6.45, 7) is 0. The van der Waals surface area contributed by atoms with E-state index < -0.39 is 0 Å². The number of hydrogen-bond acceptors (Lipinski definition) is 3. The average molecular weight is 231 g/mol. The fourth-order valence-corrected chi connectivity index (χ4v) is 1.36. The number of nitriles is 1. The van der Waals surface area contributed by atoms with Crippen molar-refractivity contribution in [2.24, 2.45) is 0 Å². The van der Waals surface area contributed by atoms with Crippen molar-refractivity contribution >= 4 is 23.3 Å². The SMILES string of the molecule is N#C/C(=C/c1ccc(Cl)cc1)c1ccno1. The Hall–Kier alpha value is -2.05. The topological polar surface area (TPSA) is 49.8 Å². The molecule has 0 radical (unpaired) electrons. The predicted molar refractivity (Wildman–Crippen MR) is 61.4 cm³/mol. The monoisotopic (exact) mass is 230 g/mol. The third kappa shape index (κ3) is 2.30. The smallest absolute Gasteiger partial charge is 0.177 e. The fourth-order valence-electron chi connectivity index (χ4n) is 1.24. The Morgan fingerprint density at radius 2 is 2.06 bits per heavy atom. The highest BCUT2D eigenvalue weighted by molar-refractivity contribution is 6.30. The van der Waals surface area contributed by atoms with Gasteiger partial charge in [0, 0.05) is 11.1 Å². The van der Waals surface area contributed by atoms with Gasteiger partial charge >= 0.3 is 0 Å². The second-order valence-electron chi connectivity index (χ2n) is 3.10. The van der Waals surface area contributed by atoms with Gasteiger partial charge in [-0.05, 0) is 23.8 Å². The van der Waals surface area contributed by atoms with Gasteiger partial charge in [0.1, 0.15) is 6.07 Å². The second-order valence-corrected chi connectivity index (χ2v) is 3.53. The van der Waals surface area contributed by atoms with E-state index in [-0.39, 0.29) is 0 Å². The van der Waals surface area contributed by atoms with Gasteiger partial charge in [-0.25, -0.2) is 0 Å². The lowest BCUT2D eigenvalue weighted by molar-refractivity contribution is 0.411. The summed E-state index contributed by atoms with van der Waals surface area (Å²) in [5.74, 6) is 0.456. The summed E-state index contributed by atoms with van der Waals surface area (Å²) in [6.07, 6.45) is 3.22. The summed E-state index contributed by atoms with van der Waals surface area (Å²) >= 11 is 5.77. The van der Waals surface area contributed by atoms with Gasteiger partial charge in [-0.15, -0.1) is 0 Å². The molecule has 0 amide bonds. The first kappa shape index (κ1) is 10.5. The van der Waals surface area contributed by atoms with Crippen molar-refractivity contribution in [3.05, 3.63) is 52.9 Å². The maximum Gasteiger partial charge on any atom is 0.177 e. The predicted octanol–water partition coefficient (Wildman–Crippen LogP) is 3.39. The van der Waals surface area contributed by atoms with Crippen LogP contribution in [0.15, 0.2) is 41.1 Å². The van der Waals surface area contributed by atoms with Crippen LogP contribution in [-0.4, -0.2) is 5.16 Å². The Morgan fingerprint density at radius 1 is 1.31 bits per heavy atom. The Balaban J connectivity index is 2.36. The summed E-state index contributed by atoms with van der Waals surface area (Å²) in [4.78, 5) is 0. The van der Waals surface area contributed by atoms with Gasteiger partial charge in [0.25, 0.3) is 0 Å². The lowest BCUT2D eigenvalue weighted by Crippen LogP contribution is -1.78. The van der Waals surface area contributed by atoms with Crippen molar-refractivity contribution in [3.8, 4) is 6.07 Å². The lowest BCUT2D eigenvalue weighted by atomic mass is 10.1. The van der Waals surface area contributed by atoms with E-state index >= 15 is 0 Å². The molecule has 0 saturated carbocycles. The first-order valence-corrected chi connectivity index (χ1v) is 4.96. The minimum Gasteiger partial charge on any atom is -0.356 e. The number of nitrogens with zero attached hydrogens (tertiary/aromatic N) is 2. The molecule has 0 spiro atoms. The Labute approximate surface area is 97.6 Å². The molecule has 0 aliphatic rings. The molecular weight excluding hydrogens is 224 g/mol. The van der Waals surface area contributed by atoms with E-state index in [0.29, 0.717) is 16.4 Å². The Morgan fingerprint density at radius 3 is 2.62 bits per heavy atom. The molecule has 1 aromatic heterocycles. The summed E-state index contributed by atoms with van der Waals surface area (Å²) in [6, 6.07) is 10.9.